The molecule has 2 aliphatic rings. The van der Waals surface area contributed by atoms with Crippen molar-refractivity contribution in [3.05, 3.63) is 29.5 Å². The fourth-order valence-corrected chi connectivity index (χ4v) is 4.43. The third-order valence-electron chi connectivity index (χ3n) is 5.31. The second-order valence-electron chi connectivity index (χ2n) is 8.58. The van der Waals surface area contributed by atoms with Gasteiger partial charge in [-0.1, -0.05) is 11.6 Å². The van der Waals surface area contributed by atoms with Crippen molar-refractivity contribution >= 4 is 34.4 Å². The van der Waals surface area contributed by atoms with E-state index in [9.17, 15) is 4.79 Å². The minimum Gasteiger partial charge on any atom is -0.444 e. The Labute approximate surface area is 164 Å². The number of likely N-dealkylation sites (tertiary alicyclic amines) is 1. The molecule has 1 saturated heterocycles. The number of pyridine rings is 2. The van der Waals surface area contributed by atoms with Crippen LogP contribution in [0.1, 0.15) is 33.6 Å². The molecule has 0 radical (unpaired) electrons. The van der Waals surface area contributed by atoms with Crippen molar-refractivity contribution in [3.63, 3.8) is 0 Å². The Morgan fingerprint density at radius 1 is 1.30 bits per heavy atom. The van der Waals surface area contributed by atoms with Crippen molar-refractivity contribution in [2.75, 3.05) is 18.4 Å². The summed E-state index contributed by atoms with van der Waals surface area (Å²) in [5, 5.41) is 4.99. The standard InChI is InChI=1S/C20H25ClN4O2/c1-20(2,3)27-19(26)25-10-12-7-14(8-13(12)11-25)23-18-15-5-4-6-22-16(15)9-17(21)24-18/h4-6,9,12-14H,7-8,10-11H2,1-3H3,(H,23,24). The van der Waals surface area contributed by atoms with Crippen LogP contribution in [0.2, 0.25) is 5.15 Å². The summed E-state index contributed by atoms with van der Waals surface area (Å²) >= 11 is 6.16. The van der Waals surface area contributed by atoms with Gasteiger partial charge in [-0.15, -0.1) is 0 Å². The smallest absolute Gasteiger partial charge is 0.410 e. The summed E-state index contributed by atoms with van der Waals surface area (Å²) in [6, 6.07) is 6.03. The van der Waals surface area contributed by atoms with Crippen LogP contribution < -0.4 is 5.32 Å². The highest BCUT2D eigenvalue weighted by Crippen LogP contribution is 2.40. The number of nitrogens with zero attached hydrogens (tertiary/aromatic N) is 3. The first-order valence-electron chi connectivity index (χ1n) is 9.44. The molecule has 2 aromatic heterocycles. The molecule has 144 valence electrons. The second kappa shape index (κ2) is 6.82. The predicted molar refractivity (Wildman–Crippen MR) is 106 cm³/mol. The summed E-state index contributed by atoms with van der Waals surface area (Å²) in [5.41, 5.74) is 0.390. The topological polar surface area (TPSA) is 67.3 Å². The number of amides is 1. The number of aromatic nitrogens is 2. The summed E-state index contributed by atoms with van der Waals surface area (Å²) < 4.78 is 5.51. The van der Waals surface area contributed by atoms with Crippen LogP contribution in [0.4, 0.5) is 10.6 Å². The molecule has 2 aromatic rings. The number of ether oxygens (including phenoxy) is 1. The van der Waals surface area contributed by atoms with Crippen LogP contribution >= 0.6 is 11.6 Å². The van der Waals surface area contributed by atoms with E-state index in [-0.39, 0.29) is 6.09 Å². The van der Waals surface area contributed by atoms with Gasteiger partial charge in [0.2, 0.25) is 0 Å². The summed E-state index contributed by atoms with van der Waals surface area (Å²) in [6.07, 6.45) is 3.59. The summed E-state index contributed by atoms with van der Waals surface area (Å²) in [4.78, 5) is 23.0. The number of hydrogen-bond acceptors (Lipinski definition) is 5. The summed E-state index contributed by atoms with van der Waals surface area (Å²) in [6.45, 7) is 7.24. The molecule has 1 aliphatic heterocycles. The van der Waals surface area contributed by atoms with Gasteiger partial charge in [0.1, 0.15) is 16.6 Å². The maximum atomic E-state index is 12.3. The number of nitrogens with one attached hydrogen (secondary N) is 1. The molecule has 2 fully saturated rings. The molecular weight excluding hydrogens is 364 g/mol. The van der Waals surface area contributed by atoms with E-state index in [0.717, 1.165) is 42.7 Å². The van der Waals surface area contributed by atoms with E-state index in [1.165, 1.54) is 0 Å². The average molecular weight is 389 g/mol. The lowest BCUT2D eigenvalue weighted by Crippen LogP contribution is -2.36. The van der Waals surface area contributed by atoms with Gasteiger partial charge < -0.3 is 15.0 Å². The fraction of sp³-hybridized carbons (Fsp3) is 0.550. The van der Waals surface area contributed by atoms with E-state index >= 15 is 0 Å². The van der Waals surface area contributed by atoms with E-state index in [2.05, 4.69) is 15.3 Å². The zero-order chi connectivity index (χ0) is 19.2. The molecule has 3 heterocycles. The normalized spacial score (nSPS) is 24.9. The third kappa shape index (κ3) is 3.95. The Bertz CT molecular complexity index is 853. The lowest BCUT2D eigenvalue weighted by molar-refractivity contribution is 0.0280. The molecule has 1 amide bonds. The maximum Gasteiger partial charge on any atom is 0.410 e. The minimum atomic E-state index is -0.452. The van der Waals surface area contributed by atoms with Crippen LogP contribution in [0.3, 0.4) is 0 Å². The zero-order valence-corrected chi connectivity index (χ0v) is 16.7. The van der Waals surface area contributed by atoms with Crippen molar-refractivity contribution in [3.8, 4) is 0 Å². The maximum absolute atomic E-state index is 12.3. The Balaban J connectivity index is 1.41. The molecule has 2 unspecified atom stereocenters. The lowest BCUT2D eigenvalue weighted by Gasteiger charge is -2.25. The predicted octanol–water partition coefficient (Wildman–Crippen LogP) is 4.34. The molecule has 1 N–H and O–H groups in total. The van der Waals surface area contributed by atoms with Gasteiger partial charge in [0.05, 0.1) is 5.52 Å². The number of rotatable bonds is 2. The number of fused-ring (bicyclic) bond motifs is 2. The average Bonchev–Trinajstić information content (AvgIpc) is 3.11. The molecule has 6 nitrogen and oxygen atoms in total. The van der Waals surface area contributed by atoms with Crippen LogP contribution in [0.25, 0.3) is 10.9 Å². The molecule has 1 saturated carbocycles. The number of anilines is 1. The lowest BCUT2D eigenvalue weighted by atomic mass is 10.0. The summed E-state index contributed by atoms with van der Waals surface area (Å²) in [7, 11) is 0. The van der Waals surface area contributed by atoms with Gasteiger partial charge in [-0.3, -0.25) is 4.98 Å². The Morgan fingerprint density at radius 2 is 2.00 bits per heavy atom. The highest BCUT2D eigenvalue weighted by atomic mass is 35.5. The fourth-order valence-electron chi connectivity index (χ4n) is 4.24. The van der Waals surface area contributed by atoms with E-state index in [1.54, 1.807) is 12.3 Å². The Morgan fingerprint density at radius 3 is 2.67 bits per heavy atom. The molecule has 7 heteroatoms. The number of hydrogen-bond donors (Lipinski definition) is 1. The van der Waals surface area contributed by atoms with Gasteiger partial charge in [0.25, 0.3) is 0 Å². The van der Waals surface area contributed by atoms with E-state index < -0.39 is 5.60 Å². The molecular formula is C20H25ClN4O2. The number of carbonyl (C=O) groups excluding carboxylic acids is 1. The SMILES string of the molecule is CC(C)(C)OC(=O)N1CC2CC(Nc3nc(Cl)cc4ncccc34)CC2C1. The first kappa shape index (κ1) is 18.3. The molecule has 2 atom stereocenters. The van der Waals surface area contributed by atoms with Gasteiger partial charge in [0, 0.05) is 36.8 Å². The molecule has 4 rings (SSSR count). The number of halogens is 1. The van der Waals surface area contributed by atoms with Crippen molar-refractivity contribution in [2.24, 2.45) is 11.8 Å². The van der Waals surface area contributed by atoms with Crippen LogP contribution in [-0.4, -0.2) is 45.7 Å². The van der Waals surface area contributed by atoms with Crippen LogP contribution in [-0.2, 0) is 4.74 Å². The van der Waals surface area contributed by atoms with Crippen molar-refractivity contribution < 1.29 is 9.53 Å². The van der Waals surface area contributed by atoms with Crippen LogP contribution in [0, 0.1) is 11.8 Å². The highest BCUT2D eigenvalue weighted by molar-refractivity contribution is 6.30. The van der Waals surface area contributed by atoms with Gasteiger partial charge in [-0.05, 0) is 57.6 Å². The zero-order valence-electron chi connectivity index (χ0n) is 15.9. The third-order valence-corrected chi connectivity index (χ3v) is 5.51. The van der Waals surface area contributed by atoms with Crippen LogP contribution in [0.15, 0.2) is 24.4 Å². The monoisotopic (exact) mass is 388 g/mol. The molecule has 0 spiro atoms. The van der Waals surface area contributed by atoms with Gasteiger partial charge in [-0.2, -0.15) is 0 Å². The second-order valence-corrected chi connectivity index (χ2v) is 8.97. The highest BCUT2D eigenvalue weighted by Gasteiger charge is 2.43. The van der Waals surface area contributed by atoms with E-state index in [1.807, 2.05) is 37.8 Å². The van der Waals surface area contributed by atoms with Crippen molar-refractivity contribution in [1.82, 2.24) is 14.9 Å². The van der Waals surface area contributed by atoms with Crippen LogP contribution in [0.5, 0.6) is 0 Å². The first-order chi connectivity index (χ1) is 12.8. The van der Waals surface area contributed by atoms with Gasteiger partial charge >= 0.3 is 6.09 Å². The van der Waals surface area contributed by atoms with Gasteiger partial charge in [-0.25, -0.2) is 9.78 Å². The summed E-state index contributed by atoms with van der Waals surface area (Å²) in [5.74, 6) is 1.79. The minimum absolute atomic E-state index is 0.199. The quantitative estimate of drug-likeness (QED) is 0.775. The molecule has 0 aromatic carbocycles. The Kier molecular flexibility index (Phi) is 4.62. The van der Waals surface area contributed by atoms with Crippen molar-refractivity contribution in [1.29, 1.82) is 0 Å². The Hall–Kier alpha value is -2.08. The largest absolute Gasteiger partial charge is 0.444 e. The number of carbonyl (C=O) groups is 1. The van der Waals surface area contributed by atoms with Gasteiger partial charge in [0.15, 0.2) is 0 Å². The molecule has 1 aliphatic carbocycles. The van der Waals surface area contributed by atoms with E-state index in [4.69, 9.17) is 16.3 Å². The van der Waals surface area contributed by atoms with Crippen molar-refractivity contribution in [2.45, 2.75) is 45.3 Å². The molecule has 0 bridgehead atoms. The first-order valence-corrected chi connectivity index (χ1v) is 9.82. The molecule has 27 heavy (non-hydrogen) atoms. The van der Waals surface area contributed by atoms with E-state index in [0.29, 0.717) is 23.0 Å².